The van der Waals surface area contributed by atoms with Crippen LogP contribution in [0, 0.1) is 18.6 Å². The first-order chi connectivity index (χ1) is 13.8. The summed E-state index contributed by atoms with van der Waals surface area (Å²) in [7, 11) is -4.31. The van der Waals surface area contributed by atoms with E-state index in [1.54, 1.807) is 4.90 Å². The molecule has 0 N–H and O–H groups in total. The van der Waals surface area contributed by atoms with Gasteiger partial charge in [-0.2, -0.15) is 4.31 Å². The Labute approximate surface area is 167 Å². The normalized spacial score (nSPS) is 18.4. The maximum Gasteiger partial charge on any atom is 0.414 e. The van der Waals surface area contributed by atoms with Gasteiger partial charge in [0.2, 0.25) is 10.0 Å². The van der Waals surface area contributed by atoms with Gasteiger partial charge in [-0.25, -0.2) is 22.0 Å². The molecule has 154 valence electrons. The van der Waals surface area contributed by atoms with Crippen molar-refractivity contribution in [1.82, 2.24) is 4.31 Å². The lowest BCUT2D eigenvalue weighted by molar-refractivity contribution is 0.135. The summed E-state index contributed by atoms with van der Waals surface area (Å²) in [6, 6.07) is 8.40. The number of hydrogen-bond acceptors (Lipinski definition) is 4. The number of hydrogen-bond donors (Lipinski definition) is 0. The first kappa shape index (κ1) is 19.8. The van der Waals surface area contributed by atoms with Crippen LogP contribution in [0.15, 0.2) is 41.3 Å². The van der Waals surface area contributed by atoms with Crippen LogP contribution in [-0.2, 0) is 21.4 Å². The monoisotopic (exact) mass is 422 g/mol. The number of ether oxygens (including phenoxy) is 1. The lowest BCUT2D eigenvalue weighted by atomic mass is 10.00. The van der Waals surface area contributed by atoms with Gasteiger partial charge in [0.25, 0.3) is 0 Å². The van der Waals surface area contributed by atoms with Gasteiger partial charge in [-0.3, -0.25) is 4.90 Å². The first-order valence-corrected chi connectivity index (χ1v) is 10.7. The Morgan fingerprint density at radius 2 is 1.66 bits per heavy atom. The minimum Gasteiger partial charge on any atom is -0.444 e. The number of benzene rings is 2. The molecule has 0 spiro atoms. The Morgan fingerprint density at radius 3 is 2.31 bits per heavy atom. The van der Waals surface area contributed by atoms with Crippen LogP contribution in [0.2, 0.25) is 0 Å². The van der Waals surface area contributed by atoms with E-state index in [4.69, 9.17) is 4.74 Å². The highest BCUT2D eigenvalue weighted by Gasteiger charge is 2.39. The second-order valence-corrected chi connectivity index (χ2v) is 9.07. The van der Waals surface area contributed by atoms with E-state index in [-0.39, 0.29) is 25.7 Å². The van der Waals surface area contributed by atoms with Crippen molar-refractivity contribution < 1.29 is 26.7 Å². The highest BCUT2D eigenvalue weighted by Crippen LogP contribution is 2.35. The Balaban J connectivity index is 1.57. The molecule has 29 heavy (non-hydrogen) atoms. The van der Waals surface area contributed by atoms with Crippen molar-refractivity contribution in [2.75, 3.05) is 18.0 Å². The molecule has 9 heteroatoms. The average molecular weight is 422 g/mol. The maximum absolute atomic E-state index is 14.0. The number of para-hydroxylation sites is 1. The third kappa shape index (κ3) is 3.38. The van der Waals surface area contributed by atoms with Crippen molar-refractivity contribution in [2.45, 2.75) is 37.3 Å². The van der Waals surface area contributed by atoms with Gasteiger partial charge in [-0.1, -0.05) is 24.3 Å². The van der Waals surface area contributed by atoms with Crippen molar-refractivity contribution in [1.29, 1.82) is 0 Å². The predicted molar refractivity (Wildman–Crippen MR) is 102 cm³/mol. The van der Waals surface area contributed by atoms with Crippen LogP contribution in [-0.4, -0.2) is 37.9 Å². The van der Waals surface area contributed by atoms with Gasteiger partial charge in [-0.15, -0.1) is 0 Å². The summed E-state index contributed by atoms with van der Waals surface area (Å²) in [5, 5.41) is 0. The number of amides is 1. The van der Waals surface area contributed by atoms with Gasteiger partial charge in [0.05, 0.1) is 5.69 Å². The van der Waals surface area contributed by atoms with E-state index in [0.717, 1.165) is 39.3 Å². The topological polar surface area (TPSA) is 66.9 Å². The van der Waals surface area contributed by atoms with Gasteiger partial charge in [0, 0.05) is 24.7 Å². The summed E-state index contributed by atoms with van der Waals surface area (Å²) in [5.74, 6) is -2.23. The molecule has 0 atom stereocenters. The molecule has 2 aliphatic heterocycles. The molecule has 6 nitrogen and oxygen atoms in total. The van der Waals surface area contributed by atoms with Crippen LogP contribution in [0.25, 0.3) is 0 Å². The number of halogens is 2. The van der Waals surface area contributed by atoms with E-state index < -0.39 is 32.6 Å². The summed E-state index contributed by atoms with van der Waals surface area (Å²) < 4.78 is 59.9. The fourth-order valence-electron chi connectivity index (χ4n) is 4.01. The average Bonchev–Trinajstić information content (AvgIpc) is 2.68. The summed E-state index contributed by atoms with van der Waals surface area (Å²) in [6.45, 7) is 2.20. The number of sulfonamides is 1. The molecule has 0 aliphatic carbocycles. The van der Waals surface area contributed by atoms with E-state index >= 15 is 0 Å². The van der Waals surface area contributed by atoms with Gasteiger partial charge in [0.15, 0.2) is 4.90 Å². The highest BCUT2D eigenvalue weighted by molar-refractivity contribution is 7.89. The minimum absolute atomic E-state index is 0.0474. The van der Waals surface area contributed by atoms with E-state index in [0.29, 0.717) is 12.8 Å². The van der Waals surface area contributed by atoms with Gasteiger partial charge in [0.1, 0.15) is 18.2 Å². The molecule has 0 radical (unpaired) electrons. The van der Waals surface area contributed by atoms with Crippen molar-refractivity contribution in [3.63, 3.8) is 0 Å². The molecule has 0 aromatic heterocycles. The van der Waals surface area contributed by atoms with Crippen LogP contribution >= 0.6 is 0 Å². The lowest BCUT2D eigenvalue weighted by Gasteiger charge is -2.40. The third-order valence-electron chi connectivity index (χ3n) is 5.42. The molecule has 2 aromatic carbocycles. The van der Waals surface area contributed by atoms with E-state index in [9.17, 15) is 22.0 Å². The summed E-state index contributed by atoms with van der Waals surface area (Å²) in [4.78, 5) is 13.1. The van der Waals surface area contributed by atoms with E-state index in [2.05, 4.69) is 0 Å². The zero-order chi connectivity index (χ0) is 20.8. The highest BCUT2D eigenvalue weighted by atomic mass is 32.2. The molecule has 4 rings (SSSR count). The van der Waals surface area contributed by atoms with Crippen molar-refractivity contribution in [3.05, 3.63) is 59.2 Å². The molecule has 0 saturated carbocycles. The van der Waals surface area contributed by atoms with Crippen LogP contribution in [0.4, 0.5) is 19.3 Å². The largest absolute Gasteiger partial charge is 0.444 e. The predicted octanol–water partition coefficient (Wildman–Crippen LogP) is 3.58. The molecule has 1 amide bonds. The van der Waals surface area contributed by atoms with Crippen LogP contribution in [0.3, 0.4) is 0 Å². The van der Waals surface area contributed by atoms with E-state index in [1.807, 2.05) is 25.1 Å². The molecular formula is C20H20F2N2O4S. The molecular weight excluding hydrogens is 402 g/mol. The first-order valence-electron chi connectivity index (χ1n) is 9.29. The van der Waals surface area contributed by atoms with Crippen LogP contribution in [0.1, 0.15) is 24.0 Å². The number of carbonyl (C=O) groups is 1. The second kappa shape index (κ2) is 7.38. The second-order valence-electron chi connectivity index (χ2n) is 7.19. The fraction of sp³-hybridized carbons (Fsp3) is 0.350. The fourth-order valence-corrected chi connectivity index (χ4v) is 5.59. The molecule has 2 aromatic rings. The summed E-state index contributed by atoms with van der Waals surface area (Å²) >= 11 is 0. The molecule has 2 aliphatic rings. The zero-order valence-electron chi connectivity index (χ0n) is 15.8. The number of nitrogens with zero attached hydrogens (tertiary/aromatic N) is 2. The van der Waals surface area contributed by atoms with Crippen molar-refractivity contribution in [2.24, 2.45) is 0 Å². The van der Waals surface area contributed by atoms with Crippen LogP contribution < -0.4 is 4.90 Å². The number of carbonyl (C=O) groups excluding carboxylic acids is 1. The zero-order valence-corrected chi connectivity index (χ0v) is 16.6. The molecule has 2 heterocycles. The number of cyclic esters (lactones) is 1. The molecule has 0 unspecified atom stereocenters. The van der Waals surface area contributed by atoms with E-state index in [1.165, 1.54) is 0 Å². The van der Waals surface area contributed by atoms with Crippen molar-refractivity contribution in [3.8, 4) is 0 Å². The third-order valence-corrected chi connectivity index (χ3v) is 7.37. The lowest BCUT2D eigenvalue weighted by Crippen LogP contribution is -2.50. The smallest absolute Gasteiger partial charge is 0.414 e. The molecule has 1 saturated heterocycles. The Kier molecular flexibility index (Phi) is 5.04. The molecule has 0 bridgehead atoms. The SMILES string of the molecule is Cc1cccc2c1N(C1CCN(S(=O)(=O)c3c(F)cccc3F)CC1)C(=O)OC2. The summed E-state index contributed by atoms with van der Waals surface area (Å²) in [5.41, 5.74) is 2.63. The minimum atomic E-state index is -4.31. The number of piperidine rings is 1. The quantitative estimate of drug-likeness (QED) is 0.758. The number of rotatable bonds is 3. The number of aryl methyl sites for hydroxylation is 1. The Bertz CT molecular complexity index is 1050. The van der Waals surface area contributed by atoms with Gasteiger partial charge >= 0.3 is 6.09 Å². The summed E-state index contributed by atoms with van der Waals surface area (Å²) in [6.07, 6.45) is 0.198. The van der Waals surface area contributed by atoms with Gasteiger partial charge < -0.3 is 4.74 Å². The number of anilines is 1. The van der Waals surface area contributed by atoms with Crippen molar-refractivity contribution >= 4 is 21.8 Å². The maximum atomic E-state index is 14.0. The van der Waals surface area contributed by atoms with Gasteiger partial charge in [-0.05, 0) is 37.5 Å². The molecule has 1 fully saturated rings. The Morgan fingerprint density at radius 1 is 1.03 bits per heavy atom. The number of fused-ring (bicyclic) bond motifs is 1. The standard InChI is InChI=1S/C20H20F2N2O4S/c1-13-4-2-5-14-12-28-20(25)24(18(13)14)15-8-10-23(11-9-15)29(26,27)19-16(21)6-3-7-17(19)22/h2-7,15H,8-12H2,1H3. The Hall–Kier alpha value is -2.52. The van der Waals surface area contributed by atoms with Crippen LogP contribution in [0.5, 0.6) is 0 Å².